The fourth-order valence-corrected chi connectivity index (χ4v) is 1.95. The van der Waals surface area contributed by atoms with Gasteiger partial charge in [-0.1, -0.05) is 17.7 Å². The smallest absolute Gasteiger partial charge is 0.167 e. The van der Waals surface area contributed by atoms with Crippen LogP contribution in [0, 0.1) is 11.8 Å². The normalized spacial score (nSPS) is 33.8. The molecule has 0 aliphatic heterocycles. The number of hydrogen-bond acceptors (Lipinski definition) is 2. The maximum atomic E-state index is 11.1. The van der Waals surface area contributed by atoms with Gasteiger partial charge < -0.3 is 4.74 Å². The van der Waals surface area contributed by atoms with Crippen LogP contribution in [0.15, 0.2) is 22.9 Å². The van der Waals surface area contributed by atoms with Crippen molar-refractivity contribution in [2.45, 2.75) is 0 Å². The Kier molecular flexibility index (Phi) is 1.33. The van der Waals surface area contributed by atoms with Crippen LogP contribution in [-0.2, 0) is 9.53 Å². The van der Waals surface area contributed by atoms with Crippen molar-refractivity contribution >= 4 is 17.4 Å². The second-order valence-electron chi connectivity index (χ2n) is 2.68. The van der Waals surface area contributed by atoms with Crippen LogP contribution in [0.5, 0.6) is 0 Å². The SMILES string of the molecule is COC1=C(Cl)C2C=CC(=O)C12. The molecule has 2 atom stereocenters. The van der Waals surface area contributed by atoms with Crippen molar-refractivity contribution in [1.29, 1.82) is 0 Å². The minimum atomic E-state index is -0.104. The van der Waals surface area contributed by atoms with Crippen LogP contribution in [-0.4, -0.2) is 12.9 Å². The van der Waals surface area contributed by atoms with Crippen molar-refractivity contribution in [2.24, 2.45) is 11.8 Å². The first-order valence-electron chi connectivity index (χ1n) is 3.41. The van der Waals surface area contributed by atoms with Crippen molar-refractivity contribution < 1.29 is 9.53 Å². The molecule has 0 fully saturated rings. The fraction of sp³-hybridized carbons (Fsp3) is 0.375. The second-order valence-corrected chi connectivity index (χ2v) is 3.09. The predicted molar refractivity (Wildman–Crippen MR) is 41.0 cm³/mol. The number of ketones is 1. The lowest BCUT2D eigenvalue weighted by Gasteiger charge is -2.30. The maximum Gasteiger partial charge on any atom is 0.167 e. The van der Waals surface area contributed by atoms with Gasteiger partial charge in [0.25, 0.3) is 0 Å². The third-order valence-corrected chi connectivity index (χ3v) is 2.60. The van der Waals surface area contributed by atoms with Gasteiger partial charge in [-0.15, -0.1) is 0 Å². The largest absolute Gasteiger partial charge is 0.499 e. The van der Waals surface area contributed by atoms with Gasteiger partial charge in [0, 0.05) is 5.92 Å². The Morgan fingerprint density at radius 1 is 1.64 bits per heavy atom. The Bertz CT molecular complexity index is 278. The molecule has 2 aliphatic carbocycles. The highest BCUT2D eigenvalue weighted by Crippen LogP contribution is 2.47. The highest BCUT2D eigenvalue weighted by molar-refractivity contribution is 6.32. The number of halogens is 1. The molecule has 0 saturated carbocycles. The van der Waals surface area contributed by atoms with Crippen molar-refractivity contribution in [3.63, 3.8) is 0 Å². The Morgan fingerprint density at radius 2 is 2.36 bits per heavy atom. The van der Waals surface area contributed by atoms with Crippen molar-refractivity contribution in [3.8, 4) is 0 Å². The molecule has 11 heavy (non-hydrogen) atoms. The number of allylic oxidation sites excluding steroid dienone is 4. The van der Waals surface area contributed by atoms with Gasteiger partial charge in [-0.3, -0.25) is 4.79 Å². The molecule has 0 N–H and O–H groups in total. The Balaban J connectivity index is 2.33. The Hall–Kier alpha value is -0.760. The molecule has 58 valence electrons. The number of rotatable bonds is 1. The number of carbonyl (C=O) groups is 1. The van der Waals surface area contributed by atoms with Crippen molar-refractivity contribution in [1.82, 2.24) is 0 Å². The van der Waals surface area contributed by atoms with Gasteiger partial charge in [-0.2, -0.15) is 0 Å². The molecule has 0 bridgehead atoms. The van der Waals surface area contributed by atoms with Crippen LogP contribution in [0.25, 0.3) is 0 Å². The number of fused-ring (bicyclic) bond motifs is 1. The molecule has 0 aromatic heterocycles. The fourth-order valence-electron chi connectivity index (χ4n) is 1.55. The first kappa shape index (κ1) is 6.92. The number of methoxy groups -OCH3 is 1. The van der Waals surface area contributed by atoms with E-state index < -0.39 is 0 Å². The van der Waals surface area contributed by atoms with Crippen LogP contribution < -0.4 is 0 Å². The highest BCUT2D eigenvalue weighted by Gasteiger charge is 2.46. The zero-order valence-corrected chi connectivity index (χ0v) is 6.76. The van der Waals surface area contributed by atoms with E-state index in [0.29, 0.717) is 10.8 Å². The first-order chi connectivity index (χ1) is 5.25. The summed E-state index contributed by atoms with van der Waals surface area (Å²) in [5, 5.41) is 0.680. The molecule has 0 amide bonds. The monoisotopic (exact) mass is 170 g/mol. The van der Waals surface area contributed by atoms with E-state index in [1.165, 1.54) is 0 Å². The van der Waals surface area contributed by atoms with Crippen LogP contribution in [0.3, 0.4) is 0 Å². The molecular formula is C8H7ClO2. The van der Waals surface area contributed by atoms with E-state index >= 15 is 0 Å². The minimum absolute atomic E-state index is 0.104. The van der Waals surface area contributed by atoms with Gasteiger partial charge in [-0.05, 0) is 6.08 Å². The molecule has 2 rings (SSSR count). The topological polar surface area (TPSA) is 26.3 Å². The number of carbonyl (C=O) groups excluding carboxylic acids is 1. The van der Waals surface area contributed by atoms with Gasteiger partial charge >= 0.3 is 0 Å². The summed E-state index contributed by atoms with van der Waals surface area (Å²) in [5.74, 6) is 0.759. The zero-order valence-electron chi connectivity index (χ0n) is 6.00. The molecule has 0 radical (unpaired) electrons. The van der Waals surface area contributed by atoms with Crippen molar-refractivity contribution in [3.05, 3.63) is 22.9 Å². The lowest BCUT2D eigenvalue weighted by atomic mass is 9.82. The van der Waals surface area contributed by atoms with E-state index in [0.717, 1.165) is 0 Å². The summed E-state index contributed by atoms with van der Waals surface area (Å²) >= 11 is 5.83. The number of hydrogen-bond donors (Lipinski definition) is 0. The van der Waals surface area contributed by atoms with E-state index in [9.17, 15) is 4.79 Å². The molecule has 0 aromatic rings. The number of ether oxygens (including phenoxy) is 1. The highest BCUT2D eigenvalue weighted by atomic mass is 35.5. The summed E-state index contributed by atoms with van der Waals surface area (Å²) < 4.78 is 4.97. The van der Waals surface area contributed by atoms with E-state index in [-0.39, 0.29) is 17.6 Å². The molecule has 0 spiro atoms. The van der Waals surface area contributed by atoms with Gasteiger partial charge in [-0.25, -0.2) is 0 Å². The summed E-state index contributed by atoms with van der Waals surface area (Å²) in [7, 11) is 1.54. The van der Waals surface area contributed by atoms with Gasteiger partial charge in [0.15, 0.2) is 5.78 Å². The average Bonchev–Trinajstić information content (AvgIpc) is 2.30. The molecule has 0 aromatic carbocycles. The van der Waals surface area contributed by atoms with Crippen molar-refractivity contribution in [2.75, 3.05) is 7.11 Å². The van der Waals surface area contributed by atoms with Crippen LogP contribution in [0.1, 0.15) is 0 Å². The lowest BCUT2D eigenvalue weighted by molar-refractivity contribution is -0.118. The predicted octanol–water partition coefficient (Wildman–Crippen LogP) is 1.47. The summed E-state index contributed by atoms with van der Waals surface area (Å²) in [6.45, 7) is 0. The van der Waals surface area contributed by atoms with Gasteiger partial charge in [0.1, 0.15) is 5.76 Å². The van der Waals surface area contributed by atoms with Crippen LogP contribution >= 0.6 is 11.6 Å². The third-order valence-electron chi connectivity index (χ3n) is 2.16. The zero-order chi connectivity index (χ0) is 8.01. The molecule has 2 aliphatic rings. The quantitative estimate of drug-likeness (QED) is 0.596. The molecule has 3 heteroatoms. The van der Waals surface area contributed by atoms with Gasteiger partial charge in [0.05, 0.1) is 18.1 Å². The van der Waals surface area contributed by atoms with E-state index in [2.05, 4.69) is 0 Å². The van der Waals surface area contributed by atoms with E-state index in [4.69, 9.17) is 16.3 Å². The van der Waals surface area contributed by atoms with Crippen LogP contribution in [0.4, 0.5) is 0 Å². The minimum Gasteiger partial charge on any atom is -0.499 e. The average molecular weight is 171 g/mol. The standard InChI is InChI=1S/C8H7ClO2/c1-11-8-6-4(7(8)9)2-3-5(6)10/h2-4,6H,1H3. The van der Waals surface area contributed by atoms with Gasteiger partial charge in [0.2, 0.25) is 0 Å². The summed E-state index contributed by atoms with van der Waals surface area (Å²) in [6, 6.07) is 0. The Morgan fingerprint density at radius 3 is 3.00 bits per heavy atom. The summed E-state index contributed by atoms with van der Waals surface area (Å²) in [5.41, 5.74) is 0. The third kappa shape index (κ3) is 0.703. The van der Waals surface area contributed by atoms with E-state index in [1.54, 1.807) is 13.2 Å². The second kappa shape index (κ2) is 2.11. The van der Waals surface area contributed by atoms with Crippen LogP contribution in [0.2, 0.25) is 0 Å². The summed E-state index contributed by atoms with van der Waals surface area (Å²) in [6.07, 6.45) is 3.40. The molecule has 0 saturated heterocycles. The molecule has 2 nitrogen and oxygen atoms in total. The molecule has 0 heterocycles. The maximum absolute atomic E-state index is 11.1. The lowest BCUT2D eigenvalue weighted by Crippen LogP contribution is -2.30. The summed E-state index contributed by atoms with van der Waals surface area (Å²) in [4.78, 5) is 11.1. The molecular weight excluding hydrogens is 164 g/mol. The van der Waals surface area contributed by atoms with E-state index in [1.807, 2.05) is 6.08 Å². The molecule has 2 unspecified atom stereocenters. The Labute approximate surface area is 69.5 Å². The first-order valence-corrected chi connectivity index (χ1v) is 3.79.